The standard InChI is InChI=1S/C61H108O5/c1-4-7-10-13-16-19-22-25-28-30-31-32-34-37-40-43-46-49-52-55-61(63)66-59(57-64-56-53-50-47-44-41-38-35-29-26-23-20-17-14-11-8-5-2)58-65-60(62)54-51-48-45-42-39-36-33-27-24-21-18-15-12-9-6-3/h16,19,21,24-25,28,31-32,37,40,46,49,59H,4-15,17-18,20,22-23,26-27,29-30,33-36,38-39,41-45,47-48,50-58H2,1-3H3/b19-16-,24-21-,28-25-,32-31-,40-37-,49-46-/t59-/m1/s1. The second kappa shape index (κ2) is 56.7. The Bertz CT molecular complexity index is 1180. The molecule has 0 aromatic heterocycles. The van der Waals surface area contributed by atoms with Crippen molar-refractivity contribution in [1.29, 1.82) is 0 Å². The van der Waals surface area contributed by atoms with E-state index in [9.17, 15) is 9.59 Å². The van der Waals surface area contributed by atoms with Crippen molar-refractivity contribution >= 4 is 11.9 Å². The molecule has 5 nitrogen and oxygen atoms in total. The summed E-state index contributed by atoms with van der Waals surface area (Å²) in [6, 6.07) is 0. The Balaban J connectivity index is 4.38. The smallest absolute Gasteiger partial charge is 0.306 e. The molecule has 0 aliphatic carbocycles. The largest absolute Gasteiger partial charge is 0.462 e. The summed E-state index contributed by atoms with van der Waals surface area (Å²) in [5.74, 6) is -0.488. The van der Waals surface area contributed by atoms with Crippen molar-refractivity contribution in [1.82, 2.24) is 0 Å². The first-order valence-electron chi connectivity index (χ1n) is 28.5. The lowest BCUT2D eigenvalue weighted by Gasteiger charge is -2.18. The average Bonchev–Trinajstić information content (AvgIpc) is 3.32. The molecule has 0 heterocycles. The zero-order valence-corrected chi connectivity index (χ0v) is 44.0. The Hall–Kier alpha value is -2.66. The summed E-state index contributed by atoms with van der Waals surface area (Å²) >= 11 is 0. The molecule has 0 spiro atoms. The molecule has 0 aliphatic heterocycles. The van der Waals surface area contributed by atoms with E-state index in [0.717, 1.165) is 57.8 Å². The van der Waals surface area contributed by atoms with Crippen molar-refractivity contribution in [3.63, 3.8) is 0 Å². The molecule has 0 amide bonds. The quantitative estimate of drug-likeness (QED) is 0.0346. The second-order valence-corrected chi connectivity index (χ2v) is 18.8. The number of esters is 2. The predicted octanol–water partition coefficient (Wildman–Crippen LogP) is 19.5. The van der Waals surface area contributed by atoms with E-state index in [0.29, 0.717) is 25.9 Å². The molecule has 0 saturated carbocycles. The van der Waals surface area contributed by atoms with E-state index in [-0.39, 0.29) is 25.2 Å². The highest BCUT2D eigenvalue weighted by atomic mass is 16.6. The highest BCUT2D eigenvalue weighted by Gasteiger charge is 2.17. The van der Waals surface area contributed by atoms with Crippen LogP contribution < -0.4 is 0 Å². The van der Waals surface area contributed by atoms with E-state index in [1.807, 2.05) is 6.08 Å². The maximum Gasteiger partial charge on any atom is 0.306 e. The summed E-state index contributed by atoms with van der Waals surface area (Å²) in [5.41, 5.74) is 0. The monoisotopic (exact) mass is 921 g/mol. The molecule has 0 radical (unpaired) electrons. The normalized spacial score (nSPS) is 12.7. The van der Waals surface area contributed by atoms with Gasteiger partial charge in [-0.3, -0.25) is 9.59 Å². The van der Waals surface area contributed by atoms with Crippen LogP contribution >= 0.6 is 0 Å². The van der Waals surface area contributed by atoms with Crippen molar-refractivity contribution in [2.75, 3.05) is 19.8 Å². The van der Waals surface area contributed by atoms with Gasteiger partial charge >= 0.3 is 11.9 Å². The minimum atomic E-state index is -0.578. The molecule has 5 heteroatoms. The number of ether oxygens (including phenoxy) is 3. The van der Waals surface area contributed by atoms with Crippen LogP contribution in [0.15, 0.2) is 72.9 Å². The van der Waals surface area contributed by atoms with Gasteiger partial charge in [0.1, 0.15) is 6.61 Å². The van der Waals surface area contributed by atoms with E-state index >= 15 is 0 Å². The number of hydrogen-bond acceptors (Lipinski definition) is 5. The fourth-order valence-corrected chi connectivity index (χ4v) is 7.96. The van der Waals surface area contributed by atoms with Gasteiger partial charge in [-0.2, -0.15) is 0 Å². The van der Waals surface area contributed by atoms with Crippen molar-refractivity contribution in [3.8, 4) is 0 Å². The third-order valence-corrected chi connectivity index (χ3v) is 12.2. The van der Waals surface area contributed by atoms with Gasteiger partial charge in [0, 0.05) is 19.4 Å². The fraction of sp³-hybridized carbons (Fsp3) is 0.770. The van der Waals surface area contributed by atoms with Gasteiger partial charge in [-0.15, -0.1) is 0 Å². The number of rotatable bonds is 52. The van der Waals surface area contributed by atoms with Gasteiger partial charge in [-0.05, 0) is 83.5 Å². The third-order valence-electron chi connectivity index (χ3n) is 12.2. The number of carbonyl (C=O) groups is 2. The van der Waals surface area contributed by atoms with Gasteiger partial charge in [0.25, 0.3) is 0 Å². The minimum Gasteiger partial charge on any atom is -0.462 e. The number of unbranched alkanes of at least 4 members (excludes halogenated alkanes) is 29. The van der Waals surface area contributed by atoms with Crippen LogP contribution in [0, 0.1) is 0 Å². The van der Waals surface area contributed by atoms with Crippen molar-refractivity contribution in [3.05, 3.63) is 72.9 Å². The van der Waals surface area contributed by atoms with Crippen LogP contribution in [0.4, 0.5) is 0 Å². The molecule has 0 saturated heterocycles. The minimum absolute atomic E-state index is 0.0542. The summed E-state index contributed by atoms with van der Waals surface area (Å²) in [6.45, 7) is 7.74. The lowest BCUT2D eigenvalue weighted by Crippen LogP contribution is -2.30. The van der Waals surface area contributed by atoms with E-state index in [2.05, 4.69) is 87.6 Å². The molecule has 0 N–H and O–H groups in total. The molecule has 0 aromatic carbocycles. The summed E-state index contributed by atoms with van der Waals surface area (Å²) in [5, 5.41) is 0. The Morgan fingerprint density at radius 1 is 0.333 bits per heavy atom. The molecular weight excluding hydrogens is 813 g/mol. The van der Waals surface area contributed by atoms with Crippen LogP contribution in [-0.4, -0.2) is 37.9 Å². The van der Waals surface area contributed by atoms with Crippen LogP contribution in [0.1, 0.15) is 278 Å². The van der Waals surface area contributed by atoms with Crippen LogP contribution in [-0.2, 0) is 23.8 Å². The topological polar surface area (TPSA) is 61.8 Å². The Kier molecular flexibility index (Phi) is 54.4. The van der Waals surface area contributed by atoms with Crippen molar-refractivity contribution in [2.24, 2.45) is 0 Å². The van der Waals surface area contributed by atoms with E-state index in [1.54, 1.807) is 0 Å². The average molecular weight is 922 g/mol. The Labute approximate surface area is 410 Å². The van der Waals surface area contributed by atoms with Crippen molar-refractivity contribution in [2.45, 2.75) is 284 Å². The summed E-state index contributed by atoms with van der Waals surface area (Å²) < 4.78 is 17.4. The molecule has 0 aromatic rings. The summed E-state index contributed by atoms with van der Waals surface area (Å²) in [7, 11) is 0. The van der Waals surface area contributed by atoms with Gasteiger partial charge in [0.15, 0.2) is 6.10 Å². The van der Waals surface area contributed by atoms with Gasteiger partial charge in [0.2, 0.25) is 0 Å². The molecule has 1 atom stereocenters. The first-order chi connectivity index (χ1) is 32.6. The lowest BCUT2D eigenvalue weighted by molar-refractivity contribution is -0.162. The number of allylic oxidation sites excluding steroid dienone is 12. The summed E-state index contributed by atoms with van der Waals surface area (Å²) in [4.78, 5) is 25.5. The van der Waals surface area contributed by atoms with E-state index in [4.69, 9.17) is 14.2 Å². The zero-order valence-electron chi connectivity index (χ0n) is 44.0. The molecule has 0 fully saturated rings. The Morgan fingerprint density at radius 2 is 0.667 bits per heavy atom. The lowest BCUT2D eigenvalue weighted by atomic mass is 10.0. The maximum atomic E-state index is 12.8. The van der Waals surface area contributed by atoms with Gasteiger partial charge in [-0.25, -0.2) is 0 Å². The van der Waals surface area contributed by atoms with Gasteiger partial charge < -0.3 is 14.2 Å². The van der Waals surface area contributed by atoms with Gasteiger partial charge in [-0.1, -0.05) is 254 Å². The van der Waals surface area contributed by atoms with Crippen molar-refractivity contribution < 1.29 is 23.8 Å². The molecule has 0 unspecified atom stereocenters. The first-order valence-corrected chi connectivity index (χ1v) is 28.5. The molecular formula is C61H108O5. The van der Waals surface area contributed by atoms with E-state index in [1.165, 1.54) is 180 Å². The highest BCUT2D eigenvalue weighted by Crippen LogP contribution is 2.15. The molecule has 0 bridgehead atoms. The summed E-state index contributed by atoms with van der Waals surface area (Å²) in [6.07, 6.45) is 73.6. The van der Waals surface area contributed by atoms with Crippen LogP contribution in [0.5, 0.6) is 0 Å². The molecule has 66 heavy (non-hydrogen) atoms. The van der Waals surface area contributed by atoms with Crippen LogP contribution in [0.3, 0.4) is 0 Å². The second-order valence-electron chi connectivity index (χ2n) is 18.8. The number of hydrogen-bond donors (Lipinski definition) is 0. The van der Waals surface area contributed by atoms with E-state index < -0.39 is 6.10 Å². The third kappa shape index (κ3) is 54.0. The molecule has 0 aliphatic rings. The highest BCUT2D eigenvalue weighted by molar-refractivity contribution is 5.70. The zero-order chi connectivity index (χ0) is 47.7. The Morgan fingerprint density at radius 3 is 1.14 bits per heavy atom. The predicted molar refractivity (Wildman–Crippen MR) is 288 cm³/mol. The molecule has 0 rings (SSSR count). The molecule has 382 valence electrons. The first kappa shape index (κ1) is 63.3. The fourth-order valence-electron chi connectivity index (χ4n) is 7.96. The van der Waals surface area contributed by atoms with Crippen LogP contribution in [0.25, 0.3) is 0 Å². The van der Waals surface area contributed by atoms with Gasteiger partial charge in [0.05, 0.1) is 6.61 Å². The van der Waals surface area contributed by atoms with Crippen LogP contribution in [0.2, 0.25) is 0 Å². The maximum absolute atomic E-state index is 12.8. The SMILES string of the molecule is CCCCC/C=C\C/C=C\C/C=C\C/C=C\C/C=C\CCC(=O)O[C@H](COCCCCCCCCCCCCCCCCCC)COC(=O)CCCCCCCCC/C=C\CCCCCC. The number of carbonyl (C=O) groups excluding carboxylic acids is 2.